The highest BCUT2D eigenvalue weighted by molar-refractivity contribution is 6.32. The lowest BCUT2D eigenvalue weighted by Gasteiger charge is -2.15. The third kappa shape index (κ3) is 7.01. The second-order valence-corrected chi connectivity index (χ2v) is 11.0. The number of amides is 2. The Morgan fingerprint density at radius 1 is 0.783 bits per heavy atom. The van der Waals surface area contributed by atoms with E-state index in [0.29, 0.717) is 29.5 Å². The van der Waals surface area contributed by atoms with Crippen LogP contribution < -0.4 is 22.9 Å². The van der Waals surface area contributed by atoms with Gasteiger partial charge in [0.05, 0.1) is 56.9 Å². The third-order valence-corrected chi connectivity index (χ3v) is 7.36. The summed E-state index contributed by atoms with van der Waals surface area (Å²) in [6.07, 6.45) is 1.23. The van der Waals surface area contributed by atoms with Crippen LogP contribution in [0.5, 0.6) is 0 Å². The number of halogens is 5. The van der Waals surface area contributed by atoms with E-state index in [1.165, 1.54) is 6.20 Å². The number of nitrogens with zero attached hydrogens (tertiary/aromatic N) is 6. The van der Waals surface area contributed by atoms with Gasteiger partial charge in [-0.3, -0.25) is 9.59 Å². The summed E-state index contributed by atoms with van der Waals surface area (Å²) in [6.45, 7) is 0. The van der Waals surface area contributed by atoms with E-state index in [2.05, 4.69) is 20.2 Å². The van der Waals surface area contributed by atoms with Gasteiger partial charge in [0.15, 0.2) is 11.9 Å². The van der Waals surface area contributed by atoms with E-state index in [9.17, 15) is 27.2 Å². The van der Waals surface area contributed by atoms with Gasteiger partial charge in [-0.25, -0.2) is 13.8 Å². The van der Waals surface area contributed by atoms with Crippen molar-refractivity contribution in [1.82, 2.24) is 19.6 Å². The summed E-state index contributed by atoms with van der Waals surface area (Å²) in [6, 6.07) is 9.63. The molecule has 0 aliphatic heterocycles. The quantitative estimate of drug-likeness (QED) is 0.135. The molecule has 0 atom stereocenters. The maximum atomic E-state index is 13.3. The van der Waals surface area contributed by atoms with Crippen molar-refractivity contribution in [3.63, 3.8) is 0 Å². The summed E-state index contributed by atoms with van der Waals surface area (Å²) in [5, 5.41) is 8.77. The summed E-state index contributed by atoms with van der Waals surface area (Å²) in [5.74, 6) is -2.85. The molecular weight excluding hydrogens is 632 g/mol. The number of carbonyl (C=O) groups is 2. The second-order valence-electron chi connectivity index (χ2n) is 10.6. The molecule has 2 aliphatic carbocycles. The Hall–Kier alpha value is -5.25. The topological polar surface area (TPSA) is 199 Å². The normalized spacial score (nSPS) is 14.2. The monoisotopic (exact) mass is 658 g/mol. The molecule has 0 bridgehead atoms. The van der Waals surface area contributed by atoms with Crippen LogP contribution in [0.1, 0.15) is 75.2 Å². The van der Waals surface area contributed by atoms with Gasteiger partial charge in [-0.2, -0.15) is 33.4 Å². The molecule has 2 aliphatic rings. The molecular formula is C29H27ClF4N10O2. The third-order valence-electron chi connectivity index (χ3n) is 7.04. The van der Waals surface area contributed by atoms with Crippen LogP contribution in [-0.4, -0.2) is 43.3 Å². The molecule has 2 aromatic heterocycles. The number of hydrogen-bond acceptors (Lipinski definition) is 4. The first kappa shape index (κ1) is 32.2. The Kier molecular flexibility index (Phi) is 8.83. The van der Waals surface area contributed by atoms with Crippen molar-refractivity contribution in [1.29, 1.82) is 0 Å². The lowest BCUT2D eigenvalue weighted by molar-refractivity contribution is -0.137. The minimum Gasteiger partial charge on any atom is -0.370 e. The van der Waals surface area contributed by atoms with E-state index in [1.54, 1.807) is 10.7 Å². The van der Waals surface area contributed by atoms with Crippen LogP contribution in [0.4, 0.5) is 17.6 Å². The molecule has 12 nitrogen and oxygen atoms in total. The SMILES string of the molecule is NC(N)=NC(=O)c1cnn(-c2ccc(F)cc2C(F)(F)F)c1C1CC1.NC(N)=NC(=O)c1cnn(-c2ccccc2Cl)c1C1CC1. The van der Waals surface area contributed by atoms with Crippen molar-refractivity contribution >= 4 is 35.3 Å². The molecule has 8 N–H and O–H groups in total. The Morgan fingerprint density at radius 3 is 1.70 bits per heavy atom. The molecule has 4 aromatic rings. The Bertz CT molecular complexity index is 1870. The van der Waals surface area contributed by atoms with Crippen molar-refractivity contribution in [2.45, 2.75) is 43.7 Å². The van der Waals surface area contributed by atoms with Gasteiger partial charge in [-0.1, -0.05) is 23.7 Å². The number of rotatable bonds is 6. The lowest BCUT2D eigenvalue weighted by Crippen LogP contribution is -2.24. The van der Waals surface area contributed by atoms with E-state index in [1.807, 2.05) is 18.2 Å². The predicted octanol–water partition coefficient (Wildman–Crippen LogP) is 4.14. The standard InChI is InChI=1S/C15H13F4N5O.C14H14ClN5O/c16-8-3-4-11(10(5-8)15(17,18)19)24-12(7-1-2-7)9(6-22-24)13(25)23-14(20)21;15-10-3-1-2-4-11(10)20-12(8-5-6-8)9(7-18-20)13(21)19-14(16)17/h3-7H,1-2H2,(H4,20,21,23,25);1-4,7-8H,5-6H2,(H4,16,17,19,21). The highest BCUT2D eigenvalue weighted by Crippen LogP contribution is 2.45. The summed E-state index contributed by atoms with van der Waals surface area (Å²) in [7, 11) is 0. The maximum Gasteiger partial charge on any atom is 0.418 e. The first-order chi connectivity index (χ1) is 21.8. The van der Waals surface area contributed by atoms with E-state index in [4.69, 9.17) is 34.5 Å². The van der Waals surface area contributed by atoms with E-state index >= 15 is 0 Å². The fourth-order valence-electron chi connectivity index (χ4n) is 4.83. The summed E-state index contributed by atoms with van der Waals surface area (Å²) in [4.78, 5) is 31.2. The number of guanidine groups is 2. The molecule has 0 radical (unpaired) electrons. The average molecular weight is 659 g/mol. The average Bonchev–Trinajstić information content (AvgIpc) is 3.91. The van der Waals surface area contributed by atoms with Gasteiger partial charge in [0, 0.05) is 11.8 Å². The molecule has 2 saturated carbocycles. The molecule has 2 fully saturated rings. The first-order valence-corrected chi connectivity index (χ1v) is 14.2. The van der Waals surface area contributed by atoms with E-state index in [-0.39, 0.29) is 34.7 Å². The zero-order valence-corrected chi connectivity index (χ0v) is 24.6. The second kappa shape index (κ2) is 12.6. The van der Waals surface area contributed by atoms with Crippen LogP contribution in [0, 0.1) is 5.82 Å². The van der Waals surface area contributed by atoms with Gasteiger partial charge in [0.25, 0.3) is 11.8 Å². The zero-order valence-electron chi connectivity index (χ0n) is 23.9. The van der Waals surface area contributed by atoms with Crippen molar-refractivity contribution in [3.8, 4) is 11.4 Å². The van der Waals surface area contributed by atoms with Crippen molar-refractivity contribution in [3.05, 3.63) is 93.8 Å². The summed E-state index contributed by atoms with van der Waals surface area (Å²) >= 11 is 6.22. The largest absolute Gasteiger partial charge is 0.418 e. The number of aromatic nitrogens is 4. The summed E-state index contributed by atoms with van der Waals surface area (Å²) in [5.41, 5.74) is 21.6. The van der Waals surface area contributed by atoms with Crippen LogP contribution in [0.3, 0.4) is 0 Å². The predicted molar refractivity (Wildman–Crippen MR) is 161 cm³/mol. The van der Waals surface area contributed by atoms with Crippen LogP contribution in [0.2, 0.25) is 5.02 Å². The fourth-order valence-corrected chi connectivity index (χ4v) is 5.04. The van der Waals surface area contributed by atoms with E-state index < -0.39 is 35.3 Å². The number of nitrogens with two attached hydrogens (primary N) is 4. The lowest BCUT2D eigenvalue weighted by atomic mass is 10.1. The minimum absolute atomic E-state index is 0.0216. The van der Waals surface area contributed by atoms with Gasteiger partial charge in [0.1, 0.15) is 5.82 Å². The van der Waals surface area contributed by atoms with Gasteiger partial charge >= 0.3 is 6.18 Å². The smallest absolute Gasteiger partial charge is 0.370 e. The van der Waals surface area contributed by atoms with Crippen LogP contribution in [0.15, 0.2) is 64.8 Å². The number of benzene rings is 2. The number of alkyl halides is 3. The number of carbonyl (C=O) groups excluding carboxylic acids is 2. The highest BCUT2D eigenvalue weighted by atomic mass is 35.5. The Balaban J connectivity index is 0.000000184. The molecule has 17 heteroatoms. The molecule has 2 amide bonds. The van der Waals surface area contributed by atoms with Gasteiger partial charge in [0.2, 0.25) is 0 Å². The number of aliphatic imine (C=N–C) groups is 2. The summed E-state index contributed by atoms with van der Waals surface area (Å²) < 4.78 is 55.8. The Labute approximate surface area is 263 Å². The first-order valence-electron chi connectivity index (χ1n) is 13.8. The molecule has 6 rings (SSSR count). The molecule has 0 unspecified atom stereocenters. The van der Waals surface area contributed by atoms with Crippen molar-refractivity contribution < 1.29 is 27.2 Å². The fraction of sp³-hybridized carbons (Fsp3) is 0.241. The molecule has 2 heterocycles. The molecule has 0 spiro atoms. The molecule has 2 aromatic carbocycles. The highest BCUT2D eigenvalue weighted by Gasteiger charge is 2.38. The minimum atomic E-state index is -4.78. The molecule has 46 heavy (non-hydrogen) atoms. The van der Waals surface area contributed by atoms with Crippen LogP contribution in [-0.2, 0) is 6.18 Å². The van der Waals surface area contributed by atoms with Crippen molar-refractivity contribution in [2.24, 2.45) is 32.9 Å². The maximum absolute atomic E-state index is 13.3. The number of hydrogen-bond donors (Lipinski definition) is 4. The van der Waals surface area contributed by atoms with Crippen molar-refractivity contribution in [2.75, 3.05) is 0 Å². The Morgan fingerprint density at radius 2 is 1.26 bits per heavy atom. The zero-order chi connectivity index (χ0) is 33.3. The van der Waals surface area contributed by atoms with E-state index in [0.717, 1.165) is 47.2 Å². The van der Waals surface area contributed by atoms with Crippen LogP contribution >= 0.6 is 11.6 Å². The van der Waals surface area contributed by atoms with Gasteiger partial charge in [-0.05, 0) is 56.0 Å². The van der Waals surface area contributed by atoms with Gasteiger partial charge < -0.3 is 22.9 Å². The van der Waals surface area contributed by atoms with Crippen LogP contribution in [0.25, 0.3) is 11.4 Å². The molecule has 240 valence electrons. The number of para-hydroxylation sites is 1. The molecule has 0 saturated heterocycles. The van der Waals surface area contributed by atoms with Gasteiger partial charge in [-0.15, -0.1) is 0 Å².